The number of amides is 1. The van der Waals surface area contributed by atoms with Crippen molar-refractivity contribution in [2.75, 3.05) is 19.0 Å². The molecule has 2 rings (SSSR count). The maximum absolute atomic E-state index is 12.6. The Hall–Kier alpha value is -1.94. The van der Waals surface area contributed by atoms with Gasteiger partial charge in [0.25, 0.3) is 5.91 Å². The zero-order valence-electron chi connectivity index (χ0n) is 13.8. The summed E-state index contributed by atoms with van der Waals surface area (Å²) < 4.78 is 10.6. The number of methoxy groups -OCH3 is 1. The van der Waals surface area contributed by atoms with Crippen LogP contribution in [-0.4, -0.2) is 31.6 Å². The van der Waals surface area contributed by atoms with E-state index < -0.39 is 11.9 Å². The Morgan fingerprint density at radius 3 is 2.48 bits per heavy atom. The number of halogens is 1. The van der Waals surface area contributed by atoms with Gasteiger partial charge in [0.15, 0.2) is 0 Å². The van der Waals surface area contributed by atoms with E-state index in [1.165, 1.54) is 7.11 Å². The molecular weight excluding hydrogens is 457 g/mol. The van der Waals surface area contributed by atoms with Crippen molar-refractivity contribution in [3.8, 4) is 0 Å². The molecule has 0 aliphatic heterocycles. The molecule has 1 aromatic carbocycles. The Balaban J connectivity index is 2.45. The van der Waals surface area contributed by atoms with Crippen molar-refractivity contribution in [1.82, 2.24) is 0 Å². The first-order valence-corrected chi connectivity index (χ1v) is 9.24. The number of hydrogen-bond acceptors (Lipinski definition) is 6. The number of thiophene rings is 1. The van der Waals surface area contributed by atoms with Gasteiger partial charge in [0.2, 0.25) is 0 Å². The highest BCUT2D eigenvalue weighted by molar-refractivity contribution is 14.1. The van der Waals surface area contributed by atoms with E-state index in [0.29, 0.717) is 11.1 Å². The van der Waals surface area contributed by atoms with E-state index in [-0.39, 0.29) is 28.0 Å². The highest BCUT2D eigenvalue weighted by Gasteiger charge is 2.27. The zero-order chi connectivity index (χ0) is 18.6. The maximum atomic E-state index is 12.6. The molecule has 1 heterocycles. The van der Waals surface area contributed by atoms with Crippen LogP contribution >= 0.6 is 33.9 Å². The third-order valence-corrected chi connectivity index (χ3v) is 5.47. The van der Waals surface area contributed by atoms with Gasteiger partial charge in [-0.1, -0.05) is 12.1 Å². The monoisotopic (exact) mass is 473 g/mol. The van der Waals surface area contributed by atoms with E-state index in [1.54, 1.807) is 32.0 Å². The van der Waals surface area contributed by atoms with Gasteiger partial charge in [0, 0.05) is 3.57 Å². The van der Waals surface area contributed by atoms with Gasteiger partial charge in [-0.2, -0.15) is 0 Å². The summed E-state index contributed by atoms with van der Waals surface area (Å²) in [5.41, 5.74) is 1.07. The molecule has 1 amide bonds. The lowest BCUT2D eigenvalue weighted by Gasteiger charge is -2.08. The Kier molecular flexibility index (Phi) is 6.54. The summed E-state index contributed by atoms with van der Waals surface area (Å²) in [7, 11) is 1.26. The molecule has 0 fully saturated rings. The molecule has 2 aromatic rings. The number of rotatable bonds is 5. The lowest BCUT2D eigenvalue weighted by molar-refractivity contribution is 0.0527. The van der Waals surface area contributed by atoms with Crippen LogP contribution in [0.3, 0.4) is 0 Å². The highest BCUT2D eigenvalue weighted by atomic mass is 127. The van der Waals surface area contributed by atoms with Crippen LogP contribution in [0.5, 0.6) is 0 Å². The Morgan fingerprint density at radius 1 is 1.20 bits per heavy atom. The third kappa shape index (κ3) is 4.18. The van der Waals surface area contributed by atoms with Gasteiger partial charge in [0.1, 0.15) is 9.88 Å². The van der Waals surface area contributed by atoms with Crippen LogP contribution in [0.4, 0.5) is 5.00 Å². The first-order chi connectivity index (χ1) is 11.9. The van der Waals surface area contributed by atoms with Crippen LogP contribution in [0.2, 0.25) is 0 Å². The molecule has 0 aliphatic rings. The lowest BCUT2D eigenvalue weighted by atomic mass is 10.1. The van der Waals surface area contributed by atoms with Gasteiger partial charge >= 0.3 is 11.9 Å². The van der Waals surface area contributed by atoms with E-state index >= 15 is 0 Å². The average Bonchev–Trinajstić information content (AvgIpc) is 2.90. The standard InChI is InChI=1S/C17H16INO5S/c1-4-24-16(21)12-9(2)13(17(22)23-3)25-15(12)19-14(20)10-7-5-6-8-11(10)18/h5-8H,4H2,1-3H3,(H,19,20). The number of carbonyl (C=O) groups is 3. The molecule has 1 N–H and O–H groups in total. The van der Waals surface area contributed by atoms with Crippen LogP contribution in [0.1, 0.15) is 42.9 Å². The summed E-state index contributed by atoms with van der Waals surface area (Å²) in [4.78, 5) is 37.0. The number of benzene rings is 1. The fourth-order valence-corrected chi connectivity index (χ4v) is 3.89. The molecular formula is C17H16INO5S. The minimum Gasteiger partial charge on any atom is -0.465 e. The summed E-state index contributed by atoms with van der Waals surface area (Å²) in [6, 6.07) is 7.07. The van der Waals surface area contributed by atoms with Gasteiger partial charge in [0.05, 0.1) is 24.8 Å². The summed E-state index contributed by atoms with van der Waals surface area (Å²) in [5.74, 6) is -1.53. The van der Waals surface area contributed by atoms with E-state index in [0.717, 1.165) is 14.9 Å². The minimum absolute atomic E-state index is 0.173. The van der Waals surface area contributed by atoms with E-state index in [9.17, 15) is 14.4 Å². The molecule has 1 aromatic heterocycles. The SMILES string of the molecule is CCOC(=O)c1c(NC(=O)c2ccccc2I)sc(C(=O)OC)c1C. The molecule has 0 radical (unpaired) electrons. The first kappa shape index (κ1) is 19.4. The molecule has 0 bridgehead atoms. The van der Waals surface area contributed by atoms with E-state index in [4.69, 9.17) is 9.47 Å². The van der Waals surface area contributed by atoms with Gasteiger partial charge in [-0.05, 0) is 54.1 Å². The molecule has 0 unspecified atom stereocenters. The molecule has 6 nitrogen and oxygen atoms in total. The Bertz CT molecular complexity index is 830. The van der Waals surface area contributed by atoms with Crippen molar-refractivity contribution in [1.29, 1.82) is 0 Å². The number of anilines is 1. The van der Waals surface area contributed by atoms with Crippen LogP contribution in [0.25, 0.3) is 0 Å². The molecule has 0 spiro atoms. The fourth-order valence-electron chi connectivity index (χ4n) is 2.15. The number of carbonyl (C=O) groups excluding carboxylic acids is 3. The molecule has 8 heteroatoms. The zero-order valence-corrected chi connectivity index (χ0v) is 16.8. The van der Waals surface area contributed by atoms with E-state index in [2.05, 4.69) is 27.9 Å². The molecule has 0 saturated heterocycles. The Labute approximate surface area is 162 Å². The maximum Gasteiger partial charge on any atom is 0.348 e. The van der Waals surface area contributed by atoms with Crippen LogP contribution in [-0.2, 0) is 9.47 Å². The third-order valence-electron chi connectivity index (χ3n) is 3.34. The topological polar surface area (TPSA) is 81.7 Å². The van der Waals surface area contributed by atoms with Gasteiger partial charge in [-0.3, -0.25) is 4.79 Å². The Morgan fingerprint density at radius 2 is 1.88 bits per heavy atom. The second-order valence-electron chi connectivity index (χ2n) is 4.91. The van der Waals surface area contributed by atoms with E-state index in [1.807, 2.05) is 6.07 Å². The van der Waals surface area contributed by atoms with Crippen molar-refractivity contribution in [3.05, 3.63) is 49.4 Å². The van der Waals surface area contributed by atoms with Gasteiger partial charge in [-0.25, -0.2) is 9.59 Å². The predicted octanol–water partition coefficient (Wildman–Crippen LogP) is 3.88. The first-order valence-electron chi connectivity index (χ1n) is 7.35. The second-order valence-corrected chi connectivity index (χ2v) is 7.09. The lowest BCUT2D eigenvalue weighted by Crippen LogP contribution is -2.15. The summed E-state index contributed by atoms with van der Waals surface area (Å²) in [6.45, 7) is 3.49. The van der Waals surface area contributed by atoms with Crippen LogP contribution in [0, 0.1) is 10.5 Å². The van der Waals surface area contributed by atoms with Crippen LogP contribution < -0.4 is 5.32 Å². The molecule has 0 atom stereocenters. The van der Waals surface area contributed by atoms with Gasteiger partial charge < -0.3 is 14.8 Å². The molecule has 132 valence electrons. The minimum atomic E-state index is -0.593. The number of ether oxygens (including phenoxy) is 2. The molecule has 0 saturated carbocycles. The van der Waals surface area contributed by atoms with Gasteiger partial charge in [-0.15, -0.1) is 11.3 Å². The van der Waals surface area contributed by atoms with Crippen molar-refractivity contribution in [2.45, 2.75) is 13.8 Å². The fraction of sp³-hybridized carbons (Fsp3) is 0.235. The van der Waals surface area contributed by atoms with Crippen molar-refractivity contribution in [3.63, 3.8) is 0 Å². The second kappa shape index (κ2) is 8.43. The summed E-state index contributed by atoms with van der Waals surface area (Å²) in [5, 5.41) is 2.98. The number of nitrogens with one attached hydrogen (secondary N) is 1. The molecule has 25 heavy (non-hydrogen) atoms. The molecule has 0 aliphatic carbocycles. The van der Waals surface area contributed by atoms with Crippen molar-refractivity contribution < 1.29 is 23.9 Å². The quantitative estimate of drug-likeness (QED) is 0.527. The predicted molar refractivity (Wildman–Crippen MR) is 103 cm³/mol. The summed E-state index contributed by atoms with van der Waals surface area (Å²) >= 11 is 3.05. The average molecular weight is 473 g/mol. The van der Waals surface area contributed by atoms with Crippen molar-refractivity contribution >= 4 is 56.8 Å². The smallest absolute Gasteiger partial charge is 0.348 e. The van der Waals surface area contributed by atoms with Crippen molar-refractivity contribution in [2.24, 2.45) is 0 Å². The largest absolute Gasteiger partial charge is 0.465 e. The van der Waals surface area contributed by atoms with Crippen LogP contribution in [0.15, 0.2) is 24.3 Å². The summed E-state index contributed by atoms with van der Waals surface area (Å²) in [6.07, 6.45) is 0. The number of hydrogen-bond donors (Lipinski definition) is 1. The highest BCUT2D eigenvalue weighted by Crippen LogP contribution is 2.34. The number of esters is 2. The normalized spacial score (nSPS) is 10.2.